The molecular weight excluding hydrogens is 875 g/mol. The molecule has 6 aromatic rings. The Hall–Kier alpha value is -7.97. The van der Waals surface area contributed by atoms with Crippen LogP contribution < -0.4 is 28.9 Å². The van der Waals surface area contributed by atoms with Gasteiger partial charge in [-0.3, -0.25) is 40.1 Å². The average Bonchev–Trinajstić information content (AvgIpc) is 3.35. The van der Waals surface area contributed by atoms with E-state index in [2.05, 4.69) is 39.5 Å². The summed E-state index contributed by atoms with van der Waals surface area (Å²) in [5.74, 6) is 3.74. The van der Waals surface area contributed by atoms with E-state index in [1.165, 1.54) is 36.8 Å². The molecular formula is C48H51N11O9. The number of anilines is 3. The van der Waals surface area contributed by atoms with Crippen LogP contribution in [0.4, 0.5) is 34.5 Å². The van der Waals surface area contributed by atoms with Crippen LogP contribution in [0.3, 0.4) is 0 Å². The van der Waals surface area contributed by atoms with E-state index < -0.39 is 14.8 Å². The molecule has 2 bridgehead atoms. The molecule has 0 aliphatic carbocycles. The average molecular weight is 926 g/mol. The molecule has 9 rings (SSSR count). The van der Waals surface area contributed by atoms with Gasteiger partial charge in [0.25, 0.3) is 17.1 Å². The molecule has 6 heterocycles. The van der Waals surface area contributed by atoms with Crippen molar-refractivity contribution in [3.63, 3.8) is 0 Å². The molecule has 20 heteroatoms. The zero-order valence-corrected chi connectivity index (χ0v) is 37.3. The van der Waals surface area contributed by atoms with Crippen LogP contribution in [-0.4, -0.2) is 118 Å². The van der Waals surface area contributed by atoms with Crippen LogP contribution in [0.25, 0.3) is 0 Å². The molecule has 0 saturated carbocycles. The minimum absolute atomic E-state index is 0.122. The maximum Gasteiger partial charge on any atom is 0.287 e. The Balaban J connectivity index is 1.22. The van der Waals surface area contributed by atoms with Crippen molar-refractivity contribution in [1.29, 1.82) is 0 Å². The number of fused-ring (bicyclic) bond motifs is 15. The largest absolute Gasteiger partial charge is 0.492 e. The second-order valence-corrected chi connectivity index (χ2v) is 16.2. The Labute approximate surface area is 392 Å². The number of pyridine rings is 3. The molecule has 0 amide bonds. The summed E-state index contributed by atoms with van der Waals surface area (Å²) in [5.41, 5.74) is 2.34. The predicted octanol–water partition coefficient (Wildman–Crippen LogP) is 6.78. The molecule has 68 heavy (non-hydrogen) atoms. The highest BCUT2D eigenvalue weighted by Crippen LogP contribution is 2.28. The molecule has 0 fully saturated rings. The minimum atomic E-state index is -0.473. The van der Waals surface area contributed by atoms with Crippen molar-refractivity contribution in [2.45, 2.75) is 19.6 Å². The van der Waals surface area contributed by atoms with Crippen LogP contribution in [0.2, 0.25) is 0 Å². The van der Waals surface area contributed by atoms with Gasteiger partial charge in [0.05, 0.1) is 14.8 Å². The van der Waals surface area contributed by atoms with Crippen molar-refractivity contribution in [1.82, 2.24) is 24.8 Å². The first-order valence-electron chi connectivity index (χ1n) is 22.3. The molecule has 0 N–H and O–H groups in total. The first-order chi connectivity index (χ1) is 33.2. The standard InChI is InChI=1S/C48H51N11O9/c60-57(61)40-13-16-46(49-31-40)54-22-19-52-20-23-55(47-17-14-41(32-50-47)58(62)63)35-38-8-2-5-11-44(38)67-29-26-53(25-28-66-43-10-4-1-7-37(43)34-54)27-30-68-45-12-6-3-9-39(45)36-56(24-21-52)48-18-15-42(33-51-48)59(64)65/h1-18,31-33H,19-30,34-36H2. The number of benzene rings is 3. The lowest BCUT2D eigenvalue weighted by atomic mass is 10.1. The van der Waals surface area contributed by atoms with Crippen LogP contribution in [0, 0.1) is 30.3 Å². The van der Waals surface area contributed by atoms with Crippen molar-refractivity contribution in [2.75, 3.05) is 93.4 Å². The lowest BCUT2D eigenvalue weighted by Gasteiger charge is -2.33. The van der Waals surface area contributed by atoms with Crippen molar-refractivity contribution >= 4 is 34.5 Å². The zero-order chi connectivity index (χ0) is 47.2. The van der Waals surface area contributed by atoms with Crippen LogP contribution in [0.1, 0.15) is 16.7 Å². The van der Waals surface area contributed by atoms with Gasteiger partial charge < -0.3 is 28.9 Å². The van der Waals surface area contributed by atoms with Crippen molar-refractivity contribution in [3.05, 3.63) is 175 Å². The summed E-state index contributed by atoms with van der Waals surface area (Å²) in [6, 6.07) is 32.8. The third kappa shape index (κ3) is 12.3. The predicted molar refractivity (Wildman–Crippen MR) is 255 cm³/mol. The van der Waals surface area contributed by atoms with E-state index in [-0.39, 0.29) is 17.1 Å². The van der Waals surface area contributed by atoms with Gasteiger partial charge in [-0.2, -0.15) is 0 Å². The van der Waals surface area contributed by atoms with Gasteiger partial charge in [0.2, 0.25) is 0 Å². The van der Waals surface area contributed by atoms with Gasteiger partial charge in [0.1, 0.15) is 73.1 Å². The van der Waals surface area contributed by atoms with Crippen LogP contribution in [0.5, 0.6) is 17.2 Å². The zero-order valence-electron chi connectivity index (χ0n) is 37.3. The van der Waals surface area contributed by atoms with Crippen LogP contribution in [-0.2, 0) is 19.6 Å². The second kappa shape index (κ2) is 22.5. The van der Waals surface area contributed by atoms with E-state index >= 15 is 0 Å². The minimum Gasteiger partial charge on any atom is -0.492 e. The van der Waals surface area contributed by atoms with E-state index in [4.69, 9.17) is 14.2 Å². The molecule has 0 radical (unpaired) electrons. The van der Waals surface area contributed by atoms with Crippen molar-refractivity contribution in [2.24, 2.45) is 0 Å². The molecule has 3 aliphatic rings. The third-order valence-electron chi connectivity index (χ3n) is 11.9. The fourth-order valence-corrected chi connectivity index (χ4v) is 8.10. The summed E-state index contributed by atoms with van der Waals surface area (Å²) in [4.78, 5) is 58.1. The fourth-order valence-electron chi connectivity index (χ4n) is 8.10. The van der Waals surface area contributed by atoms with Crippen molar-refractivity contribution in [3.8, 4) is 17.2 Å². The highest BCUT2D eigenvalue weighted by atomic mass is 16.6. The Morgan fingerprint density at radius 1 is 0.382 bits per heavy atom. The van der Waals surface area contributed by atoms with E-state index in [0.29, 0.717) is 133 Å². The quantitative estimate of drug-likeness (QED) is 0.124. The Morgan fingerprint density at radius 3 is 0.956 bits per heavy atom. The number of para-hydroxylation sites is 3. The maximum absolute atomic E-state index is 11.7. The monoisotopic (exact) mass is 925 g/mol. The van der Waals surface area contributed by atoms with Crippen LogP contribution in [0.15, 0.2) is 128 Å². The Bertz CT molecular complexity index is 2360. The first kappa shape index (κ1) is 46.6. The van der Waals surface area contributed by atoms with Crippen molar-refractivity contribution < 1.29 is 29.0 Å². The normalized spacial score (nSPS) is 17.7. The number of hydrogen-bond donors (Lipinski definition) is 0. The third-order valence-corrected chi connectivity index (χ3v) is 11.9. The van der Waals surface area contributed by atoms with Gasteiger partial charge in [-0.1, -0.05) is 54.6 Å². The molecule has 0 spiro atoms. The van der Waals surface area contributed by atoms with E-state index in [9.17, 15) is 30.3 Å². The van der Waals surface area contributed by atoms with Gasteiger partial charge in [-0.15, -0.1) is 0 Å². The molecule has 3 aromatic carbocycles. The van der Waals surface area contributed by atoms with Gasteiger partial charge in [-0.25, -0.2) is 15.0 Å². The topological polar surface area (TPSA) is 212 Å². The second-order valence-electron chi connectivity index (χ2n) is 16.2. The SMILES string of the molecule is O=[N+]([O-])c1ccc(N2CCN3CCN(c4ccc([N+](=O)[O-])cn4)Cc4ccccc4OCCN(CCOc4ccccc4C2)CCOc2ccccc2CN(c2ccc([N+](=O)[O-])cn2)CC3)nc1. The molecule has 20 nitrogen and oxygen atoms in total. The van der Waals surface area contributed by atoms with E-state index in [0.717, 1.165) is 16.7 Å². The number of aromatic nitrogens is 3. The number of nitrogens with zero attached hydrogens (tertiary/aromatic N) is 11. The lowest BCUT2D eigenvalue weighted by Crippen LogP contribution is -2.43. The molecule has 0 unspecified atom stereocenters. The van der Waals surface area contributed by atoms with E-state index in [1.54, 1.807) is 18.2 Å². The summed E-state index contributed by atoms with van der Waals surface area (Å²) in [7, 11) is 0. The smallest absolute Gasteiger partial charge is 0.287 e. The number of hydrogen-bond acceptors (Lipinski definition) is 17. The summed E-state index contributed by atoms with van der Waals surface area (Å²) in [5, 5.41) is 35.1. The highest BCUT2D eigenvalue weighted by molar-refractivity contribution is 5.48. The molecule has 0 saturated heterocycles. The van der Waals surface area contributed by atoms with Gasteiger partial charge >= 0.3 is 0 Å². The number of ether oxygens (including phenoxy) is 3. The number of rotatable bonds is 6. The van der Waals surface area contributed by atoms with Gasteiger partial charge in [-0.05, 0) is 36.4 Å². The summed E-state index contributed by atoms with van der Waals surface area (Å²) >= 11 is 0. The number of nitro groups is 3. The highest BCUT2D eigenvalue weighted by Gasteiger charge is 2.22. The first-order valence-corrected chi connectivity index (χ1v) is 22.3. The molecule has 0 atom stereocenters. The summed E-state index contributed by atoms with van der Waals surface area (Å²) in [6.45, 7) is 6.64. The van der Waals surface area contributed by atoms with E-state index in [1.807, 2.05) is 72.8 Å². The Kier molecular flexibility index (Phi) is 15.4. The fraction of sp³-hybridized carbons (Fsp3) is 0.312. The van der Waals surface area contributed by atoms with Gasteiger partial charge in [0.15, 0.2) is 0 Å². The molecule has 352 valence electrons. The summed E-state index contributed by atoms with van der Waals surface area (Å²) in [6.07, 6.45) is 3.79. The van der Waals surface area contributed by atoms with Crippen LogP contribution >= 0.6 is 0 Å². The Morgan fingerprint density at radius 2 is 0.676 bits per heavy atom. The molecule has 3 aliphatic heterocycles. The maximum atomic E-state index is 11.7. The summed E-state index contributed by atoms with van der Waals surface area (Å²) < 4.78 is 19.6. The lowest BCUT2D eigenvalue weighted by molar-refractivity contribution is -0.385. The van der Waals surface area contributed by atoms with Gasteiger partial charge in [0, 0.05) is 113 Å². The molecule has 3 aromatic heterocycles.